The van der Waals surface area contributed by atoms with Crippen molar-refractivity contribution in [2.75, 3.05) is 39.9 Å². The van der Waals surface area contributed by atoms with E-state index in [1.807, 2.05) is 32.9 Å². The number of nitrogens with one attached hydrogen (secondary N) is 3. The fourth-order valence-electron chi connectivity index (χ4n) is 1.84. The van der Waals surface area contributed by atoms with Crippen molar-refractivity contribution in [2.45, 2.75) is 32.8 Å². The molecule has 8 nitrogen and oxygen atoms in total. The molecule has 1 amide bonds. The molecule has 0 radical (unpaired) electrons. The second-order valence-electron chi connectivity index (χ2n) is 6.33. The number of hydrogen-bond acceptors (Lipinski definition) is 5. The number of alkyl carbamates (subject to hydrolysis) is 1. The second kappa shape index (κ2) is 13.7. The number of hydrogen-bond donors (Lipinski definition) is 3. The highest BCUT2D eigenvalue weighted by atomic mass is 127. The van der Waals surface area contributed by atoms with Crippen LogP contribution in [-0.2, 0) is 15.9 Å². The molecule has 0 aliphatic heterocycles. The molecule has 0 aliphatic carbocycles. The Morgan fingerprint density at radius 3 is 2.50 bits per heavy atom. The van der Waals surface area contributed by atoms with Crippen molar-refractivity contribution >= 4 is 36.0 Å². The number of methoxy groups -OCH3 is 1. The fourth-order valence-corrected chi connectivity index (χ4v) is 1.84. The van der Waals surface area contributed by atoms with E-state index in [-0.39, 0.29) is 24.0 Å². The van der Waals surface area contributed by atoms with Gasteiger partial charge < -0.3 is 29.8 Å². The highest BCUT2D eigenvalue weighted by molar-refractivity contribution is 14.0. The van der Waals surface area contributed by atoms with E-state index in [4.69, 9.17) is 13.9 Å². The highest BCUT2D eigenvalue weighted by Gasteiger charge is 2.15. The standard InChI is InChI=1S/C17H30N4O4.HI/c1-17(2,3)25-16(22)21-10-9-19-15(20-11-13-23-4)18-8-7-14-6-5-12-24-14;/h5-6,12H,7-11,13H2,1-4H3,(H,21,22)(H2,18,19,20);1H. The minimum atomic E-state index is -0.502. The van der Waals surface area contributed by atoms with E-state index in [0.717, 1.165) is 12.2 Å². The van der Waals surface area contributed by atoms with E-state index in [9.17, 15) is 4.79 Å². The third-order valence-electron chi connectivity index (χ3n) is 2.89. The predicted molar refractivity (Wildman–Crippen MR) is 112 cm³/mol. The summed E-state index contributed by atoms with van der Waals surface area (Å²) in [5, 5.41) is 9.08. The van der Waals surface area contributed by atoms with E-state index in [2.05, 4.69) is 20.9 Å². The summed E-state index contributed by atoms with van der Waals surface area (Å²) < 4.78 is 15.5. The third-order valence-corrected chi connectivity index (χ3v) is 2.89. The molecule has 1 aromatic heterocycles. The average molecular weight is 482 g/mol. The Labute approximate surface area is 172 Å². The van der Waals surface area contributed by atoms with Crippen molar-refractivity contribution in [3.8, 4) is 0 Å². The van der Waals surface area contributed by atoms with Crippen molar-refractivity contribution < 1.29 is 18.7 Å². The molecule has 0 spiro atoms. The van der Waals surface area contributed by atoms with Gasteiger partial charge in [-0.05, 0) is 32.9 Å². The minimum Gasteiger partial charge on any atom is -0.469 e. The largest absolute Gasteiger partial charge is 0.469 e. The third kappa shape index (κ3) is 12.8. The molecule has 0 saturated carbocycles. The van der Waals surface area contributed by atoms with Crippen LogP contribution in [0.3, 0.4) is 0 Å². The minimum absolute atomic E-state index is 0. The number of carbonyl (C=O) groups is 1. The molecule has 0 fully saturated rings. The summed E-state index contributed by atoms with van der Waals surface area (Å²) in [6.07, 6.45) is 1.98. The molecule has 1 rings (SSSR count). The molecule has 1 aromatic rings. The number of aliphatic imine (C=N–C) groups is 1. The smallest absolute Gasteiger partial charge is 0.407 e. The van der Waals surface area contributed by atoms with E-state index in [0.29, 0.717) is 38.7 Å². The van der Waals surface area contributed by atoms with Crippen LogP contribution >= 0.6 is 24.0 Å². The summed E-state index contributed by atoms with van der Waals surface area (Å²) in [7, 11) is 1.64. The molecule has 0 saturated heterocycles. The molecule has 0 bridgehead atoms. The van der Waals surface area contributed by atoms with Gasteiger partial charge in [0.05, 0.1) is 19.4 Å². The first kappa shape index (κ1) is 24.5. The first-order valence-electron chi connectivity index (χ1n) is 8.41. The first-order valence-corrected chi connectivity index (χ1v) is 8.41. The van der Waals surface area contributed by atoms with Crippen LogP contribution in [0, 0.1) is 0 Å². The topological polar surface area (TPSA) is 97.1 Å². The molecule has 150 valence electrons. The SMILES string of the molecule is COCCN=C(NCCNC(=O)OC(C)(C)C)NCCc1ccco1.I. The van der Waals surface area contributed by atoms with Crippen LogP contribution in [-0.4, -0.2) is 57.5 Å². The van der Waals surface area contributed by atoms with Crippen molar-refractivity contribution in [1.29, 1.82) is 0 Å². The molecular formula is C17H31IN4O4. The number of nitrogens with zero attached hydrogens (tertiary/aromatic N) is 1. The van der Waals surface area contributed by atoms with Gasteiger partial charge in [0.25, 0.3) is 0 Å². The van der Waals surface area contributed by atoms with Gasteiger partial charge in [0.1, 0.15) is 11.4 Å². The van der Waals surface area contributed by atoms with Gasteiger partial charge in [-0.15, -0.1) is 24.0 Å². The predicted octanol–water partition coefficient (Wildman–Crippen LogP) is 2.15. The number of furan rings is 1. The summed E-state index contributed by atoms with van der Waals surface area (Å²) in [6, 6.07) is 3.80. The lowest BCUT2D eigenvalue weighted by Crippen LogP contribution is -2.43. The zero-order valence-electron chi connectivity index (χ0n) is 16.0. The molecule has 1 heterocycles. The molecule has 9 heteroatoms. The Morgan fingerprint density at radius 1 is 1.19 bits per heavy atom. The zero-order valence-corrected chi connectivity index (χ0v) is 18.3. The van der Waals surface area contributed by atoms with E-state index < -0.39 is 11.7 Å². The van der Waals surface area contributed by atoms with Crippen molar-refractivity contribution in [3.05, 3.63) is 24.2 Å². The Bertz CT molecular complexity index is 515. The molecule has 0 unspecified atom stereocenters. The van der Waals surface area contributed by atoms with Crippen LogP contribution in [0.2, 0.25) is 0 Å². The number of guanidine groups is 1. The number of amides is 1. The Morgan fingerprint density at radius 2 is 1.88 bits per heavy atom. The van der Waals surface area contributed by atoms with Gasteiger partial charge in [0, 0.05) is 33.2 Å². The summed E-state index contributed by atoms with van der Waals surface area (Å²) in [6.45, 7) is 8.22. The second-order valence-corrected chi connectivity index (χ2v) is 6.33. The maximum absolute atomic E-state index is 11.6. The van der Waals surface area contributed by atoms with Crippen LogP contribution in [0.4, 0.5) is 4.79 Å². The Balaban J connectivity index is 0.00000625. The van der Waals surface area contributed by atoms with Crippen LogP contribution in [0.1, 0.15) is 26.5 Å². The molecular weight excluding hydrogens is 451 g/mol. The van der Waals surface area contributed by atoms with Crippen LogP contribution in [0.15, 0.2) is 27.8 Å². The van der Waals surface area contributed by atoms with Gasteiger partial charge in [0.2, 0.25) is 0 Å². The van der Waals surface area contributed by atoms with Crippen molar-refractivity contribution in [3.63, 3.8) is 0 Å². The average Bonchev–Trinajstić information content (AvgIpc) is 3.02. The quantitative estimate of drug-likeness (QED) is 0.216. The lowest BCUT2D eigenvalue weighted by Gasteiger charge is -2.20. The van der Waals surface area contributed by atoms with Crippen LogP contribution in [0.5, 0.6) is 0 Å². The summed E-state index contributed by atoms with van der Waals surface area (Å²) >= 11 is 0. The van der Waals surface area contributed by atoms with E-state index in [1.54, 1.807) is 13.4 Å². The fraction of sp³-hybridized carbons (Fsp3) is 0.647. The monoisotopic (exact) mass is 482 g/mol. The normalized spacial score (nSPS) is 11.5. The maximum atomic E-state index is 11.6. The van der Waals surface area contributed by atoms with Crippen LogP contribution < -0.4 is 16.0 Å². The van der Waals surface area contributed by atoms with Crippen LogP contribution in [0.25, 0.3) is 0 Å². The first-order chi connectivity index (χ1) is 11.9. The lowest BCUT2D eigenvalue weighted by atomic mass is 10.2. The van der Waals surface area contributed by atoms with Gasteiger partial charge in [-0.25, -0.2) is 4.79 Å². The van der Waals surface area contributed by atoms with Crippen molar-refractivity contribution in [2.24, 2.45) is 4.99 Å². The van der Waals surface area contributed by atoms with E-state index in [1.165, 1.54) is 0 Å². The zero-order chi connectivity index (χ0) is 18.5. The number of halogens is 1. The number of ether oxygens (including phenoxy) is 2. The van der Waals surface area contributed by atoms with E-state index >= 15 is 0 Å². The Hall–Kier alpha value is -1.49. The molecule has 26 heavy (non-hydrogen) atoms. The molecule has 0 atom stereocenters. The molecule has 0 aliphatic rings. The summed E-state index contributed by atoms with van der Waals surface area (Å²) in [4.78, 5) is 16.0. The lowest BCUT2D eigenvalue weighted by molar-refractivity contribution is 0.0529. The number of rotatable bonds is 9. The van der Waals surface area contributed by atoms with Gasteiger partial charge in [-0.2, -0.15) is 0 Å². The molecule has 3 N–H and O–H groups in total. The molecule has 0 aromatic carbocycles. The highest BCUT2D eigenvalue weighted by Crippen LogP contribution is 2.05. The summed E-state index contributed by atoms with van der Waals surface area (Å²) in [5.74, 6) is 1.57. The number of carbonyl (C=O) groups excluding carboxylic acids is 1. The van der Waals surface area contributed by atoms with Gasteiger partial charge in [-0.3, -0.25) is 4.99 Å². The summed E-state index contributed by atoms with van der Waals surface area (Å²) in [5.41, 5.74) is -0.502. The van der Waals surface area contributed by atoms with Gasteiger partial charge in [-0.1, -0.05) is 0 Å². The van der Waals surface area contributed by atoms with Gasteiger partial charge >= 0.3 is 6.09 Å². The van der Waals surface area contributed by atoms with Gasteiger partial charge in [0.15, 0.2) is 5.96 Å². The Kier molecular flexibility index (Phi) is 12.9. The van der Waals surface area contributed by atoms with Crippen molar-refractivity contribution in [1.82, 2.24) is 16.0 Å². The maximum Gasteiger partial charge on any atom is 0.407 e.